The molecule has 0 saturated heterocycles. The zero-order valence-corrected chi connectivity index (χ0v) is 15.8. The van der Waals surface area contributed by atoms with Crippen LogP contribution in [0, 0.1) is 0 Å². The Kier molecular flexibility index (Phi) is 5.03. The number of ether oxygens (including phenoxy) is 2. The molecule has 0 unspecified atom stereocenters. The van der Waals surface area contributed by atoms with Crippen LogP contribution in [0.3, 0.4) is 0 Å². The van der Waals surface area contributed by atoms with Crippen LogP contribution in [0.2, 0.25) is 0 Å². The van der Waals surface area contributed by atoms with Gasteiger partial charge in [-0.05, 0) is 43.1 Å². The van der Waals surface area contributed by atoms with Crippen LogP contribution in [0.5, 0.6) is 0 Å². The fraction of sp³-hybridized carbons (Fsp3) is 0.600. The Morgan fingerprint density at radius 3 is 2.54 bits per heavy atom. The Labute approximate surface area is 147 Å². The van der Waals surface area contributed by atoms with E-state index in [-0.39, 0.29) is 16.2 Å². The van der Waals surface area contributed by atoms with Crippen molar-refractivity contribution in [3.63, 3.8) is 0 Å². The molecule has 24 heavy (non-hydrogen) atoms. The summed E-state index contributed by atoms with van der Waals surface area (Å²) in [5, 5.41) is 2.40. The molecule has 1 aliphatic rings. The quantitative estimate of drug-likeness (QED) is 0.603. The van der Waals surface area contributed by atoms with Crippen molar-refractivity contribution in [1.82, 2.24) is 9.55 Å². The first-order valence-electron chi connectivity index (χ1n) is 7.45. The van der Waals surface area contributed by atoms with Crippen molar-refractivity contribution >= 4 is 33.7 Å². The number of hydrogen-bond donors (Lipinski definition) is 1. The van der Waals surface area contributed by atoms with Gasteiger partial charge >= 0.3 is 12.1 Å². The number of esters is 1. The lowest BCUT2D eigenvalue weighted by Crippen LogP contribution is -2.34. The van der Waals surface area contributed by atoms with Gasteiger partial charge in [-0.25, -0.2) is 14.6 Å². The molecule has 2 atom stereocenters. The van der Waals surface area contributed by atoms with Gasteiger partial charge in [-0.1, -0.05) is 6.92 Å². The zero-order chi connectivity index (χ0) is 18.2. The summed E-state index contributed by atoms with van der Waals surface area (Å²) in [7, 11) is 1.27. The normalized spacial score (nSPS) is 19.6. The first kappa shape index (κ1) is 18.4. The Balaban J connectivity index is 2.44. The Hall–Kier alpha value is -1.90. The van der Waals surface area contributed by atoms with Gasteiger partial charge < -0.3 is 9.47 Å². The van der Waals surface area contributed by atoms with Gasteiger partial charge in [0.1, 0.15) is 27.8 Å². The summed E-state index contributed by atoms with van der Waals surface area (Å²) in [6.07, 6.45) is -0.361. The van der Waals surface area contributed by atoms with Gasteiger partial charge in [-0.2, -0.15) is 0 Å². The number of nitrogens with one attached hydrogen (secondary N) is 1. The number of amides is 1. The van der Waals surface area contributed by atoms with Crippen molar-refractivity contribution < 1.29 is 19.1 Å². The van der Waals surface area contributed by atoms with E-state index in [4.69, 9.17) is 9.47 Å². The van der Waals surface area contributed by atoms with Gasteiger partial charge in [0.2, 0.25) is 0 Å². The van der Waals surface area contributed by atoms with Gasteiger partial charge in [0.05, 0.1) is 7.11 Å². The molecule has 0 aliphatic carbocycles. The van der Waals surface area contributed by atoms with Gasteiger partial charge in [0, 0.05) is 5.92 Å². The fourth-order valence-electron chi connectivity index (χ4n) is 2.57. The second-order valence-corrected chi connectivity index (χ2v) is 7.36. The van der Waals surface area contributed by atoms with Crippen molar-refractivity contribution in [1.29, 1.82) is 0 Å². The molecular weight excluding hydrogens is 382 g/mol. The van der Waals surface area contributed by atoms with Crippen molar-refractivity contribution in [2.24, 2.45) is 0 Å². The van der Waals surface area contributed by atoms with E-state index >= 15 is 0 Å². The second kappa shape index (κ2) is 6.54. The van der Waals surface area contributed by atoms with Gasteiger partial charge in [0.25, 0.3) is 5.56 Å². The average molecular weight is 402 g/mol. The highest BCUT2D eigenvalue weighted by molar-refractivity contribution is 9.10. The maximum atomic E-state index is 12.8. The number of hydrogen-bond acceptors (Lipinski definition) is 6. The summed E-state index contributed by atoms with van der Waals surface area (Å²) in [5.74, 6) is -0.138. The van der Waals surface area contributed by atoms with Crippen LogP contribution in [-0.2, 0) is 14.3 Å². The van der Waals surface area contributed by atoms with Crippen LogP contribution < -0.4 is 10.9 Å². The van der Waals surface area contributed by atoms with Crippen molar-refractivity contribution in [3.05, 3.63) is 20.8 Å². The van der Waals surface area contributed by atoms with E-state index in [9.17, 15) is 14.4 Å². The number of nitrogens with zero attached hydrogens (tertiary/aromatic N) is 2. The minimum atomic E-state index is -0.775. The van der Waals surface area contributed by atoms with Gasteiger partial charge in [-0.15, -0.1) is 0 Å². The molecule has 0 spiro atoms. The molecule has 132 valence electrons. The summed E-state index contributed by atoms with van der Waals surface area (Å²) in [5.41, 5.74) is -1.31. The molecule has 1 amide bonds. The molecule has 0 bridgehead atoms. The first-order valence-corrected chi connectivity index (χ1v) is 8.24. The van der Waals surface area contributed by atoms with E-state index in [0.29, 0.717) is 12.2 Å². The predicted octanol–water partition coefficient (Wildman–Crippen LogP) is 2.57. The van der Waals surface area contributed by atoms with E-state index in [1.54, 1.807) is 20.8 Å². The number of rotatable bonds is 2. The first-order chi connectivity index (χ1) is 11.0. The van der Waals surface area contributed by atoms with Crippen LogP contribution in [0.15, 0.2) is 9.40 Å². The maximum Gasteiger partial charge on any atom is 0.412 e. The molecule has 0 saturated carbocycles. The topological polar surface area (TPSA) is 99.5 Å². The number of aromatic nitrogens is 2. The number of carbonyl (C=O) groups is 2. The molecule has 9 heteroatoms. The molecule has 0 fully saturated rings. The smallest absolute Gasteiger partial charge is 0.412 e. The standard InChI is InChI=1S/C15H20BrN3O5/c1-7-6-8(13(21)23-5)19-11(7)18-10(16)9(12(19)20)17-14(22)24-15(2,3)4/h7-8H,6H2,1-5H3,(H,17,22)/t7-,8+/m1/s1. The Bertz CT molecular complexity index is 738. The minimum Gasteiger partial charge on any atom is -0.467 e. The van der Waals surface area contributed by atoms with E-state index in [1.165, 1.54) is 11.7 Å². The lowest BCUT2D eigenvalue weighted by Gasteiger charge is -2.20. The van der Waals surface area contributed by atoms with Gasteiger partial charge in [-0.3, -0.25) is 14.7 Å². The summed E-state index contributed by atoms with van der Waals surface area (Å²) in [4.78, 5) is 41.0. The van der Waals surface area contributed by atoms with E-state index in [2.05, 4.69) is 26.2 Å². The fourth-order valence-corrected chi connectivity index (χ4v) is 3.02. The largest absolute Gasteiger partial charge is 0.467 e. The third kappa shape index (κ3) is 3.61. The van der Waals surface area contributed by atoms with Crippen molar-refractivity contribution in [2.45, 2.75) is 51.7 Å². The molecule has 0 aromatic carbocycles. The van der Waals surface area contributed by atoms with Crippen molar-refractivity contribution in [3.8, 4) is 0 Å². The summed E-state index contributed by atoms with van der Waals surface area (Å²) >= 11 is 3.20. The minimum absolute atomic E-state index is 0.0731. The average Bonchev–Trinajstić information content (AvgIpc) is 2.78. The zero-order valence-electron chi connectivity index (χ0n) is 14.2. The Morgan fingerprint density at radius 2 is 2.00 bits per heavy atom. The third-order valence-corrected chi connectivity index (χ3v) is 4.10. The van der Waals surface area contributed by atoms with Crippen LogP contribution in [0.25, 0.3) is 0 Å². The van der Waals surface area contributed by atoms with Crippen LogP contribution in [0.4, 0.5) is 10.5 Å². The number of fused-ring (bicyclic) bond motifs is 1. The highest BCUT2D eigenvalue weighted by atomic mass is 79.9. The molecule has 1 aromatic heterocycles. The summed E-state index contributed by atoms with van der Waals surface area (Å²) in [6, 6.07) is -0.757. The molecular formula is C15H20BrN3O5. The molecule has 8 nitrogen and oxygen atoms in total. The summed E-state index contributed by atoms with van der Waals surface area (Å²) in [6.45, 7) is 7.01. The third-order valence-electron chi connectivity index (χ3n) is 3.53. The number of anilines is 1. The van der Waals surface area contributed by atoms with Crippen LogP contribution >= 0.6 is 15.9 Å². The lowest BCUT2D eigenvalue weighted by molar-refractivity contribution is -0.144. The highest BCUT2D eigenvalue weighted by Gasteiger charge is 2.37. The van der Waals surface area contributed by atoms with E-state index in [0.717, 1.165) is 0 Å². The number of halogens is 1. The molecule has 1 aromatic rings. The Morgan fingerprint density at radius 1 is 1.38 bits per heavy atom. The summed E-state index contributed by atoms with van der Waals surface area (Å²) < 4.78 is 11.4. The highest BCUT2D eigenvalue weighted by Crippen LogP contribution is 2.35. The molecule has 2 heterocycles. The molecule has 0 radical (unpaired) electrons. The lowest BCUT2D eigenvalue weighted by atomic mass is 10.1. The maximum absolute atomic E-state index is 12.8. The molecule has 1 aliphatic heterocycles. The van der Waals surface area contributed by atoms with Gasteiger partial charge in [0.15, 0.2) is 0 Å². The van der Waals surface area contributed by atoms with E-state index in [1.807, 2.05) is 6.92 Å². The number of carbonyl (C=O) groups excluding carboxylic acids is 2. The van der Waals surface area contributed by atoms with E-state index < -0.39 is 29.3 Å². The monoisotopic (exact) mass is 401 g/mol. The van der Waals surface area contributed by atoms with Crippen LogP contribution in [0.1, 0.15) is 51.9 Å². The second-order valence-electron chi connectivity index (χ2n) is 6.61. The van der Waals surface area contributed by atoms with Crippen molar-refractivity contribution in [2.75, 3.05) is 12.4 Å². The molecule has 1 N–H and O–H groups in total. The predicted molar refractivity (Wildman–Crippen MR) is 90.1 cm³/mol. The molecule has 2 rings (SSSR count). The number of methoxy groups -OCH3 is 1. The SMILES string of the molecule is COC(=O)[C@@H]1C[C@@H](C)c2nc(Br)c(NC(=O)OC(C)(C)C)c(=O)n21. The van der Waals surface area contributed by atoms with Crippen LogP contribution in [-0.4, -0.2) is 34.3 Å².